The Morgan fingerprint density at radius 1 is 1.17 bits per heavy atom. The van der Waals surface area contributed by atoms with E-state index in [-0.39, 0.29) is 24.2 Å². The second-order valence-corrected chi connectivity index (χ2v) is 7.39. The Balaban J connectivity index is 1.31. The SMILES string of the molecule is CCn1nnc2cc(C(=O)N3CC[NH+](CC(=O)Nc4cccc(F)c4)CC3)ccc21. The van der Waals surface area contributed by atoms with Crippen LogP contribution in [0.3, 0.4) is 0 Å². The highest BCUT2D eigenvalue weighted by Crippen LogP contribution is 2.15. The Morgan fingerprint density at radius 2 is 1.97 bits per heavy atom. The summed E-state index contributed by atoms with van der Waals surface area (Å²) in [5.74, 6) is -0.589. The summed E-state index contributed by atoms with van der Waals surface area (Å²) in [6.45, 7) is 5.49. The van der Waals surface area contributed by atoms with Crippen molar-refractivity contribution < 1.29 is 18.9 Å². The van der Waals surface area contributed by atoms with Crippen LogP contribution in [0.2, 0.25) is 0 Å². The highest BCUT2D eigenvalue weighted by atomic mass is 19.1. The molecule has 2 amide bonds. The largest absolute Gasteiger partial charge is 0.327 e. The third-order valence-electron chi connectivity index (χ3n) is 5.34. The minimum Gasteiger partial charge on any atom is -0.327 e. The first kappa shape index (κ1) is 20.0. The molecule has 1 aromatic heterocycles. The van der Waals surface area contributed by atoms with Gasteiger partial charge in [0.2, 0.25) is 0 Å². The molecule has 2 aromatic carbocycles. The van der Waals surface area contributed by atoms with E-state index in [9.17, 15) is 14.0 Å². The van der Waals surface area contributed by atoms with Crippen LogP contribution in [0.15, 0.2) is 42.5 Å². The molecule has 0 radical (unpaired) electrons. The van der Waals surface area contributed by atoms with Gasteiger partial charge in [0, 0.05) is 17.8 Å². The number of hydrogen-bond acceptors (Lipinski definition) is 4. The predicted octanol–water partition coefficient (Wildman–Crippen LogP) is 0.570. The lowest BCUT2D eigenvalue weighted by atomic mass is 10.1. The van der Waals surface area contributed by atoms with Crippen molar-refractivity contribution in [2.24, 2.45) is 0 Å². The number of rotatable bonds is 5. The molecule has 2 N–H and O–H groups in total. The van der Waals surface area contributed by atoms with E-state index in [0.29, 0.717) is 42.9 Å². The average molecular weight is 411 g/mol. The number of aromatic nitrogens is 3. The zero-order chi connectivity index (χ0) is 21.1. The highest BCUT2D eigenvalue weighted by molar-refractivity contribution is 5.97. The number of hydrogen-bond donors (Lipinski definition) is 2. The molecule has 3 aromatic rings. The fraction of sp³-hybridized carbons (Fsp3) is 0.333. The van der Waals surface area contributed by atoms with Crippen LogP contribution in [0.4, 0.5) is 10.1 Å². The number of anilines is 1. The van der Waals surface area contributed by atoms with E-state index in [1.54, 1.807) is 27.8 Å². The van der Waals surface area contributed by atoms with Gasteiger partial charge >= 0.3 is 0 Å². The van der Waals surface area contributed by atoms with Crippen molar-refractivity contribution in [3.63, 3.8) is 0 Å². The van der Waals surface area contributed by atoms with E-state index < -0.39 is 0 Å². The lowest BCUT2D eigenvalue weighted by Crippen LogP contribution is -3.15. The van der Waals surface area contributed by atoms with E-state index >= 15 is 0 Å². The molecule has 0 spiro atoms. The summed E-state index contributed by atoms with van der Waals surface area (Å²) in [6.07, 6.45) is 0. The molecule has 8 nitrogen and oxygen atoms in total. The number of nitrogens with zero attached hydrogens (tertiary/aromatic N) is 4. The first-order chi connectivity index (χ1) is 14.5. The van der Waals surface area contributed by atoms with Crippen molar-refractivity contribution in [2.45, 2.75) is 13.5 Å². The lowest BCUT2D eigenvalue weighted by molar-refractivity contribution is -0.895. The Morgan fingerprint density at radius 3 is 2.70 bits per heavy atom. The first-order valence-electron chi connectivity index (χ1n) is 10.0. The van der Waals surface area contributed by atoms with E-state index in [1.165, 1.54) is 12.1 Å². The smallest absolute Gasteiger partial charge is 0.279 e. The minimum absolute atomic E-state index is 0.0359. The molecule has 4 rings (SSSR count). The summed E-state index contributed by atoms with van der Waals surface area (Å²) in [4.78, 5) is 28.0. The van der Waals surface area contributed by atoms with Crippen LogP contribution in [0.5, 0.6) is 0 Å². The quantitative estimate of drug-likeness (QED) is 0.643. The third-order valence-corrected chi connectivity index (χ3v) is 5.34. The summed E-state index contributed by atoms with van der Waals surface area (Å²) in [6, 6.07) is 11.3. The van der Waals surface area contributed by atoms with Gasteiger partial charge in [-0.25, -0.2) is 9.07 Å². The highest BCUT2D eigenvalue weighted by Gasteiger charge is 2.26. The predicted molar refractivity (Wildman–Crippen MR) is 110 cm³/mol. The zero-order valence-corrected chi connectivity index (χ0v) is 16.8. The second-order valence-electron chi connectivity index (χ2n) is 7.39. The van der Waals surface area contributed by atoms with Crippen molar-refractivity contribution in [3.05, 3.63) is 53.8 Å². The van der Waals surface area contributed by atoms with Gasteiger partial charge in [-0.15, -0.1) is 5.10 Å². The van der Waals surface area contributed by atoms with Crippen LogP contribution in [-0.2, 0) is 11.3 Å². The van der Waals surface area contributed by atoms with Crippen LogP contribution >= 0.6 is 0 Å². The summed E-state index contributed by atoms with van der Waals surface area (Å²) < 4.78 is 15.0. The zero-order valence-electron chi connectivity index (χ0n) is 16.8. The Bertz CT molecular complexity index is 1070. The van der Waals surface area contributed by atoms with Crippen LogP contribution in [0.1, 0.15) is 17.3 Å². The van der Waals surface area contributed by atoms with Gasteiger partial charge in [0.15, 0.2) is 6.54 Å². The number of benzene rings is 2. The molecule has 0 unspecified atom stereocenters. The van der Waals surface area contributed by atoms with Gasteiger partial charge in [0.1, 0.15) is 11.3 Å². The van der Waals surface area contributed by atoms with Gasteiger partial charge < -0.3 is 15.1 Å². The van der Waals surface area contributed by atoms with Gasteiger partial charge in [-0.05, 0) is 43.3 Å². The molecule has 1 saturated heterocycles. The van der Waals surface area contributed by atoms with Gasteiger partial charge in [0.05, 0.1) is 31.7 Å². The number of aryl methyl sites for hydroxylation is 1. The van der Waals surface area contributed by atoms with Crippen molar-refractivity contribution in [3.8, 4) is 0 Å². The molecule has 0 atom stereocenters. The van der Waals surface area contributed by atoms with Crippen molar-refractivity contribution in [1.82, 2.24) is 19.9 Å². The fourth-order valence-corrected chi connectivity index (χ4v) is 3.72. The third kappa shape index (κ3) is 4.30. The van der Waals surface area contributed by atoms with Gasteiger partial charge in [-0.2, -0.15) is 0 Å². The monoisotopic (exact) mass is 411 g/mol. The number of carbonyl (C=O) groups excluding carboxylic acids is 2. The molecule has 1 aliphatic rings. The van der Waals surface area contributed by atoms with E-state index in [2.05, 4.69) is 15.6 Å². The topological polar surface area (TPSA) is 84.6 Å². The number of carbonyl (C=O) groups is 2. The molecule has 2 heterocycles. The average Bonchev–Trinajstić information content (AvgIpc) is 3.16. The molecular formula is C21H24FN6O2+. The maximum atomic E-state index is 13.2. The van der Waals surface area contributed by atoms with Crippen LogP contribution in [-0.4, -0.2) is 64.4 Å². The molecule has 1 aliphatic heterocycles. The molecule has 156 valence electrons. The van der Waals surface area contributed by atoms with E-state index in [1.807, 2.05) is 19.1 Å². The van der Waals surface area contributed by atoms with E-state index in [0.717, 1.165) is 17.0 Å². The first-order valence-corrected chi connectivity index (χ1v) is 10.0. The molecule has 1 fully saturated rings. The standard InChI is InChI=1S/C21H23FN6O2/c1-2-28-19-7-6-15(12-18(19)24-25-28)21(30)27-10-8-26(9-11-27)14-20(29)23-17-5-3-4-16(22)13-17/h3-7,12-13H,2,8-11,14H2,1H3,(H,23,29)/p+1. The lowest BCUT2D eigenvalue weighted by Gasteiger charge is -2.32. The Hall–Kier alpha value is -3.33. The molecule has 0 aliphatic carbocycles. The number of piperazine rings is 1. The summed E-state index contributed by atoms with van der Waals surface area (Å²) in [5, 5.41) is 10.9. The molecular weight excluding hydrogens is 387 g/mol. The van der Waals surface area contributed by atoms with Crippen molar-refractivity contribution in [2.75, 3.05) is 38.0 Å². The number of amides is 2. The number of halogens is 1. The number of nitrogens with one attached hydrogen (secondary N) is 2. The van der Waals surface area contributed by atoms with Gasteiger partial charge in [-0.3, -0.25) is 9.59 Å². The number of fused-ring (bicyclic) bond motifs is 1. The summed E-state index contributed by atoms with van der Waals surface area (Å²) in [7, 11) is 0. The molecule has 30 heavy (non-hydrogen) atoms. The van der Waals surface area contributed by atoms with Crippen LogP contribution in [0, 0.1) is 5.82 Å². The van der Waals surface area contributed by atoms with E-state index in [4.69, 9.17) is 0 Å². The normalized spacial score (nSPS) is 14.8. The summed E-state index contributed by atoms with van der Waals surface area (Å²) in [5.41, 5.74) is 2.66. The molecule has 0 bridgehead atoms. The second kappa shape index (κ2) is 8.58. The summed E-state index contributed by atoms with van der Waals surface area (Å²) >= 11 is 0. The molecule has 0 saturated carbocycles. The Labute approximate surface area is 173 Å². The molecule has 9 heteroatoms. The minimum atomic E-state index is -0.386. The van der Waals surface area contributed by atoms with Crippen molar-refractivity contribution in [1.29, 1.82) is 0 Å². The van der Waals surface area contributed by atoms with Crippen molar-refractivity contribution >= 4 is 28.5 Å². The Kier molecular flexibility index (Phi) is 5.71. The van der Waals surface area contributed by atoms with Crippen LogP contribution < -0.4 is 10.2 Å². The van der Waals surface area contributed by atoms with Gasteiger partial charge in [-0.1, -0.05) is 11.3 Å². The van der Waals surface area contributed by atoms with Gasteiger partial charge in [0.25, 0.3) is 11.8 Å². The maximum absolute atomic E-state index is 13.2. The maximum Gasteiger partial charge on any atom is 0.279 e. The fourth-order valence-electron chi connectivity index (χ4n) is 3.72. The van der Waals surface area contributed by atoms with Crippen LogP contribution in [0.25, 0.3) is 11.0 Å². The number of quaternary nitrogens is 1.